The zero-order valence-electron chi connectivity index (χ0n) is 12.4. The molecule has 116 valence electrons. The molecule has 0 heterocycles. The molecule has 5 nitrogen and oxygen atoms in total. The van der Waals surface area contributed by atoms with Crippen molar-refractivity contribution in [1.29, 1.82) is 0 Å². The summed E-state index contributed by atoms with van der Waals surface area (Å²) < 4.78 is 28.3. The van der Waals surface area contributed by atoms with Crippen LogP contribution in [0.1, 0.15) is 17.3 Å². The molecule has 0 aromatic heterocycles. The Hall–Kier alpha value is -2.34. The predicted octanol–water partition coefficient (Wildman–Crippen LogP) is 2.74. The first-order valence-electron chi connectivity index (χ1n) is 6.74. The highest BCUT2D eigenvalue weighted by molar-refractivity contribution is 7.90. The second-order valence-electron chi connectivity index (χ2n) is 4.71. The van der Waals surface area contributed by atoms with E-state index in [4.69, 9.17) is 4.74 Å². The average molecular weight is 319 g/mol. The minimum atomic E-state index is -3.31. The number of anilines is 1. The second kappa shape index (κ2) is 6.62. The van der Waals surface area contributed by atoms with Crippen LogP contribution in [0.15, 0.2) is 53.4 Å². The van der Waals surface area contributed by atoms with Crippen LogP contribution >= 0.6 is 0 Å². The maximum absolute atomic E-state index is 12.1. The smallest absolute Gasteiger partial charge is 0.255 e. The van der Waals surface area contributed by atoms with E-state index in [1.807, 2.05) is 6.92 Å². The molecule has 0 fully saturated rings. The molecule has 0 saturated carbocycles. The van der Waals surface area contributed by atoms with Crippen LogP contribution in [0.3, 0.4) is 0 Å². The Kier molecular flexibility index (Phi) is 4.82. The molecule has 2 aromatic rings. The van der Waals surface area contributed by atoms with Crippen molar-refractivity contribution < 1.29 is 17.9 Å². The number of rotatable bonds is 5. The Bertz CT molecular complexity index is 767. The molecular weight excluding hydrogens is 302 g/mol. The molecule has 0 aliphatic carbocycles. The van der Waals surface area contributed by atoms with Crippen molar-refractivity contribution in [2.75, 3.05) is 18.2 Å². The molecular formula is C16H17NO4S. The molecule has 0 spiro atoms. The quantitative estimate of drug-likeness (QED) is 0.920. The van der Waals surface area contributed by atoms with E-state index in [9.17, 15) is 13.2 Å². The van der Waals surface area contributed by atoms with E-state index < -0.39 is 9.84 Å². The lowest BCUT2D eigenvalue weighted by atomic mass is 10.2. The lowest BCUT2D eigenvalue weighted by Crippen LogP contribution is -2.12. The summed E-state index contributed by atoms with van der Waals surface area (Å²) in [7, 11) is -3.31. The number of amides is 1. The van der Waals surface area contributed by atoms with Gasteiger partial charge in [0.05, 0.1) is 11.5 Å². The molecule has 0 aliphatic heterocycles. The van der Waals surface area contributed by atoms with Crippen LogP contribution in [0.5, 0.6) is 5.75 Å². The van der Waals surface area contributed by atoms with Gasteiger partial charge in [0.25, 0.3) is 5.91 Å². The molecule has 0 atom stereocenters. The van der Waals surface area contributed by atoms with Gasteiger partial charge in [-0.3, -0.25) is 4.79 Å². The summed E-state index contributed by atoms with van der Waals surface area (Å²) >= 11 is 0. The number of ether oxygens (including phenoxy) is 1. The minimum absolute atomic E-state index is 0.164. The van der Waals surface area contributed by atoms with Crippen molar-refractivity contribution in [3.8, 4) is 5.75 Å². The third kappa shape index (κ3) is 4.08. The van der Waals surface area contributed by atoms with Gasteiger partial charge in [-0.25, -0.2) is 8.42 Å². The summed E-state index contributed by atoms with van der Waals surface area (Å²) in [6, 6.07) is 12.9. The molecule has 0 saturated heterocycles. The molecule has 1 amide bonds. The van der Waals surface area contributed by atoms with E-state index in [0.29, 0.717) is 23.6 Å². The summed E-state index contributed by atoms with van der Waals surface area (Å²) in [5.74, 6) is 0.381. The standard InChI is InChI=1S/C16H17NO4S/c1-3-21-14-9-7-12(8-10-14)16(18)17-13-5-4-6-15(11-13)22(2,19)20/h4-11H,3H2,1-2H3,(H,17,18). The van der Waals surface area contributed by atoms with E-state index in [1.165, 1.54) is 12.1 Å². The lowest BCUT2D eigenvalue weighted by Gasteiger charge is -2.08. The molecule has 2 rings (SSSR count). The average Bonchev–Trinajstić information content (AvgIpc) is 2.48. The zero-order valence-corrected chi connectivity index (χ0v) is 13.2. The van der Waals surface area contributed by atoms with Crippen molar-refractivity contribution in [2.24, 2.45) is 0 Å². The van der Waals surface area contributed by atoms with Gasteiger partial charge < -0.3 is 10.1 Å². The van der Waals surface area contributed by atoms with Gasteiger partial charge in [-0.1, -0.05) is 6.07 Å². The van der Waals surface area contributed by atoms with Crippen molar-refractivity contribution >= 4 is 21.4 Å². The highest BCUT2D eigenvalue weighted by Crippen LogP contribution is 2.17. The minimum Gasteiger partial charge on any atom is -0.494 e. The summed E-state index contributed by atoms with van der Waals surface area (Å²) in [5, 5.41) is 2.68. The fourth-order valence-corrected chi connectivity index (χ4v) is 2.54. The highest BCUT2D eigenvalue weighted by Gasteiger charge is 2.10. The monoisotopic (exact) mass is 319 g/mol. The van der Waals surface area contributed by atoms with Gasteiger partial charge in [-0.15, -0.1) is 0 Å². The third-order valence-electron chi connectivity index (χ3n) is 2.95. The first-order valence-corrected chi connectivity index (χ1v) is 8.63. The number of benzene rings is 2. The van der Waals surface area contributed by atoms with Gasteiger partial charge in [0.2, 0.25) is 0 Å². The van der Waals surface area contributed by atoms with Crippen LogP contribution in [-0.4, -0.2) is 27.2 Å². The summed E-state index contributed by atoms with van der Waals surface area (Å²) in [4.78, 5) is 12.3. The van der Waals surface area contributed by atoms with E-state index in [0.717, 1.165) is 6.26 Å². The van der Waals surface area contributed by atoms with Crippen LogP contribution in [0.2, 0.25) is 0 Å². The highest BCUT2D eigenvalue weighted by atomic mass is 32.2. The molecule has 0 bridgehead atoms. The molecule has 0 radical (unpaired) electrons. The fraction of sp³-hybridized carbons (Fsp3) is 0.188. The Labute approximate surface area is 129 Å². The van der Waals surface area contributed by atoms with E-state index in [1.54, 1.807) is 36.4 Å². The molecule has 22 heavy (non-hydrogen) atoms. The topological polar surface area (TPSA) is 72.5 Å². The van der Waals surface area contributed by atoms with E-state index in [2.05, 4.69) is 5.32 Å². The second-order valence-corrected chi connectivity index (χ2v) is 6.73. The predicted molar refractivity (Wildman–Crippen MR) is 85.1 cm³/mol. The van der Waals surface area contributed by atoms with Gasteiger partial charge in [-0.2, -0.15) is 0 Å². The van der Waals surface area contributed by atoms with Crippen LogP contribution < -0.4 is 10.1 Å². The first kappa shape index (κ1) is 16.0. The van der Waals surface area contributed by atoms with E-state index in [-0.39, 0.29) is 10.8 Å². The largest absolute Gasteiger partial charge is 0.494 e. The summed E-state index contributed by atoms with van der Waals surface area (Å²) in [6.07, 6.45) is 1.13. The summed E-state index contributed by atoms with van der Waals surface area (Å²) in [5.41, 5.74) is 0.898. The van der Waals surface area contributed by atoms with Crippen molar-refractivity contribution in [1.82, 2.24) is 0 Å². The van der Waals surface area contributed by atoms with Gasteiger partial charge in [0, 0.05) is 17.5 Å². The molecule has 2 aromatic carbocycles. The zero-order chi connectivity index (χ0) is 16.2. The van der Waals surface area contributed by atoms with Crippen LogP contribution in [0, 0.1) is 0 Å². The normalized spacial score (nSPS) is 11.0. The lowest BCUT2D eigenvalue weighted by molar-refractivity contribution is 0.102. The van der Waals surface area contributed by atoms with Gasteiger partial charge >= 0.3 is 0 Å². The number of nitrogens with one attached hydrogen (secondary N) is 1. The van der Waals surface area contributed by atoms with Gasteiger partial charge in [-0.05, 0) is 49.4 Å². The molecule has 1 N–H and O–H groups in total. The van der Waals surface area contributed by atoms with Gasteiger partial charge in [0.1, 0.15) is 5.75 Å². The van der Waals surface area contributed by atoms with Crippen molar-refractivity contribution in [3.05, 3.63) is 54.1 Å². The molecule has 6 heteroatoms. The number of carbonyl (C=O) groups is 1. The first-order chi connectivity index (χ1) is 10.4. The Morgan fingerprint density at radius 1 is 1.14 bits per heavy atom. The van der Waals surface area contributed by atoms with Crippen LogP contribution in [0.25, 0.3) is 0 Å². The molecule has 0 unspecified atom stereocenters. The van der Waals surface area contributed by atoms with E-state index >= 15 is 0 Å². The fourth-order valence-electron chi connectivity index (χ4n) is 1.88. The Balaban J connectivity index is 2.15. The maximum atomic E-state index is 12.1. The Morgan fingerprint density at radius 2 is 1.82 bits per heavy atom. The number of carbonyl (C=O) groups excluding carboxylic acids is 1. The summed E-state index contributed by atoms with van der Waals surface area (Å²) in [6.45, 7) is 2.44. The Morgan fingerprint density at radius 3 is 2.41 bits per heavy atom. The number of sulfone groups is 1. The van der Waals surface area contributed by atoms with Gasteiger partial charge in [0.15, 0.2) is 9.84 Å². The molecule has 0 aliphatic rings. The third-order valence-corrected chi connectivity index (χ3v) is 4.06. The van der Waals surface area contributed by atoms with Crippen LogP contribution in [0.4, 0.5) is 5.69 Å². The number of hydrogen-bond donors (Lipinski definition) is 1. The SMILES string of the molecule is CCOc1ccc(C(=O)Nc2cccc(S(C)(=O)=O)c2)cc1. The number of hydrogen-bond acceptors (Lipinski definition) is 4. The maximum Gasteiger partial charge on any atom is 0.255 e. The van der Waals surface area contributed by atoms with Crippen molar-refractivity contribution in [3.63, 3.8) is 0 Å². The van der Waals surface area contributed by atoms with Crippen molar-refractivity contribution in [2.45, 2.75) is 11.8 Å². The van der Waals surface area contributed by atoms with Crippen LogP contribution in [-0.2, 0) is 9.84 Å².